The fourth-order valence-corrected chi connectivity index (χ4v) is 2.38. The molecule has 0 aliphatic rings. The van der Waals surface area contributed by atoms with Crippen molar-refractivity contribution in [2.75, 3.05) is 12.4 Å². The summed E-state index contributed by atoms with van der Waals surface area (Å²) in [5, 5.41) is 6.32. The number of nitrogens with zero attached hydrogens (tertiary/aromatic N) is 1. The van der Waals surface area contributed by atoms with Gasteiger partial charge in [-0.05, 0) is 53.8 Å². The van der Waals surface area contributed by atoms with Crippen LogP contribution in [0, 0.1) is 0 Å². The number of benzene rings is 2. The SMILES string of the molecule is COc1ccc(NC(=O)C(=O)N/N=C/C(C)=C\c2ccc(C(C)C)cc2)cc1. The Bertz CT molecular complexity index is 867. The van der Waals surface area contributed by atoms with Crippen LogP contribution in [0.1, 0.15) is 37.8 Å². The summed E-state index contributed by atoms with van der Waals surface area (Å²) in [6, 6.07) is 14.9. The first-order chi connectivity index (χ1) is 13.4. The highest BCUT2D eigenvalue weighted by Gasteiger charge is 2.12. The van der Waals surface area contributed by atoms with E-state index in [2.05, 4.69) is 41.8 Å². The Morgan fingerprint density at radius 3 is 2.21 bits per heavy atom. The standard InChI is InChI=1S/C22H25N3O3/c1-15(2)18-7-5-17(6-8-18)13-16(3)14-23-25-22(27)21(26)24-19-9-11-20(28-4)12-10-19/h5-15H,1-4H3,(H,24,26)(H,25,27)/b16-13-,23-14+. The number of hydrogen-bond acceptors (Lipinski definition) is 4. The van der Waals surface area contributed by atoms with Gasteiger partial charge in [-0.2, -0.15) is 5.10 Å². The van der Waals surface area contributed by atoms with E-state index in [0.717, 1.165) is 11.1 Å². The monoisotopic (exact) mass is 379 g/mol. The lowest BCUT2D eigenvalue weighted by atomic mass is 10.0. The molecule has 0 unspecified atom stereocenters. The molecule has 0 fully saturated rings. The molecule has 0 saturated heterocycles. The number of anilines is 1. The van der Waals surface area contributed by atoms with Crippen LogP contribution in [0.2, 0.25) is 0 Å². The van der Waals surface area contributed by atoms with Gasteiger partial charge in [-0.15, -0.1) is 0 Å². The second-order valence-corrected chi connectivity index (χ2v) is 6.59. The van der Waals surface area contributed by atoms with Crippen molar-refractivity contribution in [3.8, 4) is 5.75 Å². The molecule has 0 aliphatic heterocycles. The molecule has 146 valence electrons. The quantitative estimate of drug-likeness (QED) is 0.453. The Kier molecular flexibility index (Phi) is 7.51. The first kappa shape index (κ1) is 20.9. The van der Waals surface area contributed by atoms with E-state index in [1.165, 1.54) is 11.8 Å². The molecule has 2 aromatic rings. The first-order valence-corrected chi connectivity index (χ1v) is 8.95. The Balaban J connectivity index is 1.87. The fraction of sp³-hybridized carbons (Fsp3) is 0.227. The zero-order valence-corrected chi connectivity index (χ0v) is 16.5. The highest BCUT2D eigenvalue weighted by atomic mass is 16.5. The molecule has 0 radical (unpaired) electrons. The maximum atomic E-state index is 11.9. The van der Waals surface area contributed by atoms with Gasteiger partial charge in [-0.3, -0.25) is 9.59 Å². The Labute approximate surface area is 165 Å². The van der Waals surface area contributed by atoms with Crippen LogP contribution in [0.15, 0.2) is 59.2 Å². The maximum Gasteiger partial charge on any atom is 0.329 e. The summed E-state index contributed by atoms with van der Waals surface area (Å²) in [4.78, 5) is 23.7. The second-order valence-electron chi connectivity index (χ2n) is 6.59. The minimum atomic E-state index is -0.846. The van der Waals surface area contributed by atoms with Crippen molar-refractivity contribution < 1.29 is 14.3 Å². The summed E-state index contributed by atoms with van der Waals surface area (Å²) >= 11 is 0. The number of carbonyl (C=O) groups excluding carboxylic acids is 2. The van der Waals surface area contributed by atoms with Crippen LogP contribution in [0.3, 0.4) is 0 Å². The molecule has 2 rings (SSSR count). The van der Waals surface area contributed by atoms with Crippen LogP contribution in [0.4, 0.5) is 5.69 Å². The van der Waals surface area contributed by atoms with Crippen LogP contribution < -0.4 is 15.5 Å². The molecule has 0 bridgehead atoms. The molecule has 0 spiro atoms. The Morgan fingerprint density at radius 2 is 1.64 bits per heavy atom. The van der Waals surface area contributed by atoms with Crippen molar-refractivity contribution in [3.05, 3.63) is 65.2 Å². The third kappa shape index (κ3) is 6.39. The van der Waals surface area contributed by atoms with Gasteiger partial charge in [-0.1, -0.05) is 44.2 Å². The number of amides is 2. The molecule has 2 amide bonds. The predicted octanol–water partition coefficient (Wildman–Crippen LogP) is 3.96. The van der Waals surface area contributed by atoms with Crippen molar-refractivity contribution in [1.29, 1.82) is 0 Å². The molecule has 6 heteroatoms. The van der Waals surface area contributed by atoms with Gasteiger partial charge in [0.15, 0.2) is 0 Å². The topological polar surface area (TPSA) is 79.8 Å². The van der Waals surface area contributed by atoms with Crippen molar-refractivity contribution in [3.63, 3.8) is 0 Å². The number of rotatable bonds is 6. The summed E-state index contributed by atoms with van der Waals surface area (Å²) in [7, 11) is 1.55. The molecule has 0 aromatic heterocycles. The molecular formula is C22H25N3O3. The summed E-state index contributed by atoms with van der Waals surface area (Å²) in [5.41, 5.74) is 5.87. The second kappa shape index (κ2) is 10.1. The van der Waals surface area contributed by atoms with Crippen LogP contribution >= 0.6 is 0 Å². The summed E-state index contributed by atoms with van der Waals surface area (Å²) in [6.45, 7) is 6.16. The molecule has 2 aromatic carbocycles. The lowest BCUT2D eigenvalue weighted by Gasteiger charge is -2.05. The van der Waals surface area contributed by atoms with E-state index in [-0.39, 0.29) is 0 Å². The lowest BCUT2D eigenvalue weighted by molar-refractivity contribution is -0.136. The third-order valence-corrected chi connectivity index (χ3v) is 3.99. The molecular weight excluding hydrogens is 354 g/mol. The molecule has 0 atom stereocenters. The van der Waals surface area contributed by atoms with E-state index >= 15 is 0 Å². The molecule has 2 N–H and O–H groups in total. The van der Waals surface area contributed by atoms with Gasteiger partial charge in [0.25, 0.3) is 0 Å². The van der Waals surface area contributed by atoms with E-state index < -0.39 is 11.8 Å². The average molecular weight is 379 g/mol. The van der Waals surface area contributed by atoms with Gasteiger partial charge >= 0.3 is 11.8 Å². The van der Waals surface area contributed by atoms with Crippen molar-refractivity contribution in [2.24, 2.45) is 5.10 Å². The number of hydrogen-bond donors (Lipinski definition) is 2. The number of ether oxygens (including phenoxy) is 1. The van der Waals surface area contributed by atoms with E-state index in [9.17, 15) is 9.59 Å². The maximum absolute atomic E-state index is 11.9. The van der Waals surface area contributed by atoms with Gasteiger partial charge < -0.3 is 10.1 Å². The number of hydrazone groups is 1. The molecule has 6 nitrogen and oxygen atoms in total. The van der Waals surface area contributed by atoms with Crippen molar-refractivity contribution >= 4 is 29.8 Å². The summed E-state index contributed by atoms with van der Waals surface area (Å²) in [5.74, 6) is -0.498. The highest BCUT2D eigenvalue weighted by molar-refractivity contribution is 6.39. The van der Waals surface area contributed by atoms with Gasteiger partial charge in [-0.25, -0.2) is 5.43 Å². The minimum Gasteiger partial charge on any atom is -0.497 e. The zero-order valence-electron chi connectivity index (χ0n) is 16.5. The number of carbonyl (C=O) groups is 2. The predicted molar refractivity (Wildman–Crippen MR) is 112 cm³/mol. The van der Waals surface area contributed by atoms with Gasteiger partial charge in [0, 0.05) is 5.69 Å². The van der Waals surface area contributed by atoms with Crippen LogP contribution in [0.5, 0.6) is 5.75 Å². The van der Waals surface area contributed by atoms with E-state index in [1.54, 1.807) is 31.4 Å². The first-order valence-electron chi connectivity index (χ1n) is 8.95. The van der Waals surface area contributed by atoms with Crippen LogP contribution in [0.25, 0.3) is 6.08 Å². The summed E-state index contributed by atoms with van der Waals surface area (Å²) in [6.07, 6.45) is 3.44. The fourth-order valence-electron chi connectivity index (χ4n) is 2.38. The number of nitrogens with one attached hydrogen (secondary N) is 2. The molecule has 0 heterocycles. The van der Waals surface area contributed by atoms with Crippen LogP contribution in [-0.2, 0) is 9.59 Å². The van der Waals surface area contributed by atoms with Gasteiger partial charge in [0.1, 0.15) is 5.75 Å². The number of allylic oxidation sites excluding steroid dienone is 1. The highest BCUT2D eigenvalue weighted by Crippen LogP contribution is 2.16. The van der Waals surface area contributed by atoms with E-state index in [1.807, 2.05) is 25.1 Å². The lowest BCUT2D eigenvalue weighted by Crippen LogP contribution is -2.32. The van der Waals surface area contributed by atoms with Crippen molar-refractivity contribution in [1.82, 2.24) is 5.43 Å². The Morgan fingerprint density at radius 1 is 1.00 bits per heavy atom. The van der Waals surface area contributed by atoms with Crippen molar-refractivity contribution in [2.45, 2.75) is 26.7 Å². The Hall–Kier alpha value is -3.41. The molecule has 0 saturated carbocycles. The third-order valence-electron chi connectivity index (χ3n) is 3.99. The zero-order chi connectivity index (χ0) is 20.5. The number of methoxy groups -OCH3 is 1. The van der Waals surface area contributed by atoms with E-state index in [0.29, 0.717) is 17.4 Å². The minimum absolute atomic E-state index is 0.486. The van der Waals surface area contributed by atoms with E-state index in [4.69, 9.17) is 4.74 Å². The summed E-state index contributed by atoms with van der Waals surface area (Å²) < 4.78 is 5.04. The van der Waals surface area contributed by atoms with Gasteiger partial charge in [0.2, 0.25) is 0 Å². The normalized spacial score (nSPS) is 11.5. The average Bonchev–Trinajstić information content (AvgIpc) is 2.68. The van der Waals surface area contributed by atoms with Crippen LogP contribution in [-0.4, -0.2) is 25.1 Å². The molecule has 28 heavy (non-hydrogen) atoms. The molecule has 0 aliphatic carbocycles. The van der Waals surface area contributed by atoms with Gasteiger partial charge in [0.05, 0.1) is 13.3 Å². The smallest absolute Gasteiger partial charge is 0.329 e. The largest absolute Gasteiger partial charge is 0.497 e.